The van der Waals surface area contributed by atoms with E-state index in [9.17, 15) is 9.59 Å². The van der Waals surface area contributed by atoms with Crippen LogP contribution in [0.25, 0.3) is 0 Å². The van der Waals surface area contributed by atoms with Crippen LogP contribution in [-0.2, 0) is 9.47 Å². The fourth-order valence-electron chi connectivity index (χ4n) is 2.26. The summed E-state index contributed by atoms with van der Waals surface area (Å²) in [5.74, 6) is 0.587. The van der Waals surface area contributed by atoms with Gasteiger partial charge in [-0.1, -0.05) is 30.3 Å². The van der Waals surface area contributed by atoms with Crippen LogP contribution < -0.4 is 9.47 Å². The molecule has 25 heavy (non-hydrogen) atoms. The van der Waals surface area contributed by atoms with Crippen LogP contribution in [0.2, 0.25) is 0 Å². The standard InChI is InChI=1S/C19H20O6/c1-4-24-19(21)25-18(17(20)13-8-6-5-7-9-13)14-10-15(22-2)12-16(11-14)23-3/h5-12,18H,4H2,1-3H3. The highest BCUT2D eigenvalue weighted by Crippen LogP contribution is 2.30. The van der Waals surface area contributed by atoms with Gasteiger partial charge in [-0.3, -0.25) is 4.79 Å². The summed E-state index contributed by atoms with van der Waals surface area (Å²) in [6, 6.07) is 13.5. The first kappa shape index (κ1) is 18.3. The van der Waals surface area contributed by atoms with Crippen molar-refractivity contribution in [2.45, 2.75) is 13.0 Å². The Kier molecular flexibility index (Phi) is 6.39. The topological polar surface area (TPSA) is 71.1 Å². The van der Waals surface area contributed by atoms with Crippen LogP contribution in [0.15, 0.2) is 48.5 Å². The van der Waals surface area contributed by atoms with Crippen LogP contribution in [0.5, 0.6) is 11.5 Å². The molecule has 6 heteroatoms. The van der Waals surface area contributed by atoms with Crippen molar-refractivity contribution in [1.29, 1.82) is 0 Å². The van der Waals surface area contributed by atoms with E-state index >= 15 is 0 Å². The van der Waals surface area contributed by atoms with Gasteiger partial charge in [0.25, 0.3) is 0 Å². The average molecular weight is 344 g/mol. The largest absolute Gasteiger partial charge is 0.509 e. The molecule has 0 saturated carbocycles. The summed E-state index contributed by atoms with van der Waals surface area (Å²) in [6.07, 6.45) is -2.09. The Morgan fingerprint density at radius 3 is 2.08 bits per heavy atom. The third-order valence-corrected chi connectivity index (χ3v) is 3.45. The first-order valence-corrected chi connectivity index (χ1v) is 7.74. The quantitative estimate of drug-likeness (QED) is 0.562. The molecule has 0 radical (unpaired) electrons. The van der Waals surface area contributed by atoms with Crippen LogP contribution >= 0.6 is 0 Å². The van der Waals surface area contributed by atoms with Crippen molar-refractivity contribution >= 4 is 11.9 Å². The molecule has 0 saturated heterocycles. The summed E-state index contributed by atoms with van der Waals surface area (Å²) < 4.78 is 20.5. The molecule has 1 unspecified atom stereocenters. The fraction of sp³-hybridized carbons (Fsp3) is 0.263. The lowest BCUT2D eigenvalue weighted by molar-refractivity contribution is 0.0243. The predicted molar refractivity (Wildman–Crippen MR) is 91.2 cm³/mol. The monoisotopic (exact) mass is 344 g/mol. The highest BCUT2D eigenvalue weighted by Gasteiger charge is 2.28. The molecule has 0 aliphatic carbocycles. The number of ketones is 1. The van der Waals surface area contributed by atoms with Crippen LogP contribution in [0.1, 0.15) is 28.9 Å². The van der Waals surface area contributed by atoms with Gasteiger partial charge in [0, 0.05) is 17.2 Å². The molecular formula is C19H20O6. The molecule has 0 bridgehead atoms. The molecule has 2 rings (SSSR count). The van der Waals surface area contributed by atoms with Crippen molar-refractivity contribution in [3.63, 3.8) is 0 Å². The minimum Gasteiger partial charge on any atom is -0.497 e. The highest BCUT2D eigenvalue weighted by atomic mass is 16.7. The maximum Gasteiger partial charge on any atom is 0.509 e. The maximum atomic E-state index is 12.9. The summed E-state index contributed by atoms with van der Waals surface area (Å²) >= 11 is 0. The molecule has 0 aromatic heterocycles. The second-order valence-electron chi connectivity index (χ2n) is 5.06. The van der Waals surface area contributed by atoms with E-state index in [1.807, 2.05) is 0 Å². The summed E-state index contributed by atoms with van der Waals surface area (Å²) in [6.45, 7) is 1.80. The van der Waals surface area contributed by atoms with Gasteiger partial charge >= 0.3 is 6.16 Å². The number of Topliss-reactive ketones (excluding diaryl/α,β-unsaturated/α-hetero) is 1. The minimum absolute atomic E-state index is 0.145. The molecule has 0 aliphatic heterocycles. The van der Waals surface area contributed by atoms with Crippen molar-refractivity contribution in [3.05, 3.63) is 59.7 Å². The molecule has 0 amide bonds. The van der Waals surface area contributed by atoms with Gasteiger partial charge in [0.15, 0.2) is 6.10 Å². The van der Waals surface area contributed by atoms with E-state index in [0.29, 0.717) is 22.6 Å². The predicted octanol–water partition coefficient (Wildman–Crippen LogP) is 3.80. The number of methoxy groups -OCH3 is 2. The molecule has 0 N–H and O–H groups in total. The first-order chi connectivity index (χ1) is 12.1. The third kappa shape index (κ3) is 4.73. The number of carbonyl (C=O) groups is 2. The van der Waals surface area contributed by atoms with E-state index in [-0.39, 0.29) is 12.4 Å². The van der Waals surface area contributed by atoms with Crippen LogP contribution in [0.3, 0.4) is 0 Å². The Morgan fingerprint density at radius 2 is 1.56 bits per heavy atom. The molecule has 2 aromatic carbocycles. The lowest BCUT2D eigenvalue weighted by atomic mass is 9.99. The fourth-order valence-corrected chi connectivity index (χ4v) is 2.26. The normalized spacial score (nSPS) is 11.3. The van der Waals surface area contributed by atoms with Crippen molar-refractivity contribution in [1.82, 2.24) is 0 Å². The molecule has 6 nitrogen and oxygen atoms in total. The number of benzene rings is 2. The molecule has 1 atom stereocenters. The first-order valence-electron chi connectivity index (χ1n) is 7.74. The van der Waals surface area contributed by atoms with Crippen molar-refractivity contribution in [2.24, 2.45) is 0 Å². The van der Waals surface area contributed by atoms with E-state index in [1.54, 1.807) is 55.5 Å². The van der Waals surface area contributed by atoms with Gasteiger partial charge in [-0.15, -0.1) is 0 Å². The van der Waals surface area contributed by atoms with Gasteiger partial charge in [-0.05, 0) is 19.1 Å². The smallest absolute Gasteiger partial charge is 0.497 e. The van der Waals surface area contributed by atoms with Gasteiger partial charge in [-0.25, -0.2) is 4.79 Å². The molecule has 0 spiro atoms. The molecule has 0 aliphatic rings. The number of hydrogen-bond donors (Lipinski definition) is 0. The van der Waals surface area contributed by atoms with Crippen LogP contribution in [0.4, 0.5) is 4.79 Å². The van der Waals surface area contributed by atoms with Crippen LogP contribution in [0, 0.1) is 0 Å². The molecule has 2 aromatic rings. The second kappa shape index (κ2) is 8.73. The van der Waals surface area contributed by atoms with E-state index < -0.39 is 12.3 Å². The number of ether oxygens (including phenoxy) is 4. The molecule has 0 fully saturated rings. The SMILES string of the molecule is CCOC(=O)OC(C(=O)c1ccccc1)c1cc(OC)cc(OC)c1. The van der Waals surface area contributed by atoms with Gasteiger partial charge in [0.1, 0.15) is 11.5 Å². The number of rotatable bonds is 7. The van der Waals surface area contributed by atoms with Crippen molar-refractivity contribution in [3.8, 4) is 11.5 Å². The lowest BCUT2D eigenvalue weighted by Crippen LogP contribution is -2.21. The van der Waals surface area contributed by atoms with Gasteiger partial charge in [0.05, 0.1) is 20.8 Å². The Hall–Kier alpha value is -3.02. The summed E-state index contributed by atoms with van der Waals surface area (Å²) in [5.41, 5.74) is 0.844. The maximum absolute atomic E-state index is 12.9. The molecule has 0 heterocycles. The summed E-state index contributed by atoms with van der Waals surface area (Å²) in [5, 5.41) is 0. The minimum atomic E-state index is -1.18. The lowest BCUT2D eigenvalue weighted by Gasteiger charge is -2.18. The summed E-state index contributed by atoms with van der Waals surface area (Å²) in [4.78, 5) is 24.7. The Bertz CT molecular complexity index is 704. The van der Waals surface area contributed by atoms with E-state index in [1.165, 1.54) is 14.2 Å². The average Bonchev–Trinajstić information content (AvgIpc) is 2.66. The van der Waals surface area contributed by atoms with Crippen LogP contribution in [-0.4, -0.2) is 32.8 Å². The van der Waals surface area contributed by atoms with E-state index in [4.69, 9.17) is 18.9 Å². The Balaban J connectivity index is 2.44. The van der Waals surface area contributed by atoms with E-state index in [2.05, 4.69) is 0 Å². The van der Waals surface area contributed by atoms with Gasteiger partial charge < -0.3 is 18.9 Å². The highest BCUT2D eigenvalue weighted by molar-refractivity contribution is 6.00. The zero-order valence-corrected chi connectivity index (χ0v) is 14.4. The zero-order valence-electron chi connectivity index (χ0n) is 14.4. The van der Waals surface area contributed by atoms with Crippen molar-refractivity contribution < 1.29 is 28.5 Å². The molecular weight excluding hydrogens is 324 g/mol. The van der Waals surface area contributed by atoms with Gasteiger partial charge in [0.2, 0.25) is 5.78 Å². The number of hydrogen-bond acceptors (Lipinski definition) is 6. The second-order valence-corrected chi connectivity index (χ2v) is 5.06. The summed E-state index contributed by atoms with van der Waals surface area (Å²) in [7, 11) is 3.00. The Labute approximate surface area is 146 Å². The third-order valence-electron chi connectivity index (χ3n) is 3.45. The molecule has 132 valence electrons. The number of carbonyl (C=O) groups excluding carboxylic acids is 2. The van der Waals surface area contributed by atoms with Gasteiger partial charge in [-0.2, -0.15) is 0 Å². The van der Waals surface area contributed by atoms with Crippen molar-refractivity contribution in [2.75, 3.05) is 20.8 Å². The zero-order chi connectivity index (χ0) is 18.2. The Morgan fingerprint density at radius 1 is 0.960 bits per heavy atom. The van der Waals surface area contributed by atoms with E-state index in [0.717, 1.165) is 0 Å².